The fraction of sp³-hybridized carbons (Fsp3) is 0.267. The van der Waals surface area contributed by atoms with Gasteiger partial charge in [-0.1, -0.05) is 0 Å². The molecule has 0 spiro atoms. The van der Waals surface area contributed by atoms with Crippen LogP contribution in [0, 0.1) is 18.6 Å². The highest BCUT2D eigenvalue weighted by Crippen LogP contribution is 2.18. The van der Waals surface area contributed by atoms with Crippen LogP contribution in [0.3, 0.4) is 0 Å². The first-order valence-electron chi connectivity index (χ1n) is 6.84. The van der Waals surface area contributed by atoms with Crippen LogP contribution in [0.2, 0.25) is 0 Å². The second-order valence-electron chi connectivity index (χ2n) is 4.69. The number of hydrogen-bond acceptors (Lipinski definition) is 5. The van der Waals surface area contributed by atoms with E-state index in [4.69, 9.17) is 4.74 Å². The molecule has 2 rings (SSSR count). The van der Waals surface area contributed by atoms with E-state index in [0.717, 1.165) is 12.1 Å². The molecule has 0 bridgehead atoms. The Labute approximate surface area is 131 Å². The molecule has 0 aliphatic rings. The second-order valence-corrected chi connectivity index (χ2v) is 4.69. The average molecular weight is 322 g/mol. The standard InChI is InChI=1S/C15H16F2N4O2/c1-9-19-13(15(22)18-5-6-23-2)8-14(20-9)21-10-3-4-11(16)12(17)7-10/h3-4,7-8H,5-6H2,1-2H3,(H,18,22)(H,19,20,21). The summed E-state index contributed by atoms with van der Waals surface area (Å²) < 4.78 is 31.0. The lowest BCUT2D eigenvalue weighted by Crippen LogP contribution is -2.28. The van der Waals surface area contributed by atoms with Crippen molar-refractivity contribution in [2.24, 2.45) is 0 Å². The lowest BCUT2D eigenvalue weighted by molar-refractivity contribution is 0.0931. The van der Waals surface area contributed by atoms with E-state index in [-0.39, 0.29) is 11.6 Å². The quantitative estimate of drug-likeness (QED) is 0.797. The zero-order valence-electron chi connectivity index (χ0n) is 12.7. The highest BCUT2D eigenvalue weighted by atomic mass is 19.2. The van der Waals surface area contributed by atoms with Crippen LogP contribution in [0.5, 0.6) is 0 Å². The summed E-state index contributed by atoms with van der Waals surface area (Å²) in [7, 11) is 1.53. The van der Waals surface area contributed by atoms with Crippen molar-refractivity contribution in [1.82, 2.24) is 15.3 Å². The maximum absolute atomic E-state index is 13.2. The summed E-state index contributed by atoms with van der Waals surface area (Å²) in [5.74, 6) is -1.61. The van der Waals surface area contributed by atoms with Gasteiger partial charge in [0.2, 0.25) is 0 Å². The molecule has 6 nitrogen and oxygen atoms in total. The number of carbonyl (C=O) groups is 1. The number of benzene rings is 1. The maximum atomic E-state index is 13.2. The van der Waals surface area contributed by atoms with Crippen molar-refractivity contribution in [3.8, 4) is 0 Å². The molecule has 1 amide bonds. The van der Waals surface area contributed by atoms with Crippen LogP contribution >= 0.6 is 0 Å². The molecule has 0 aliphatic heterocycles. The predicted octanol–water partition coefficient (Wildman–Crippen LogP) is 2.18. The SMILES string of the molecule is COCCNC(=O)c1cc(Nc2ccc(F)c(F)c2)nc(C)n1. The highest BCUT2D eigenvalue weighted by Gasteiger charge is 2.11. The van der Waals surface area contributed by atoms with E-state index in [1.165, 1.54) is 19.2 Å². The molecule has 1 aromatic heterocycles. The van der Waals surface area contributed by atoms with E-state index in [1.807, 2.05) is 0 Å². The van der Waals surface area contributed by atoms with Gasteiger partial charge in [-0.25, -0.2) is 18.7 Å². The van der Waals surface area contributed by atoms with Crippen LogP contribution in [0.25, 0.3) is 0 Å². The zero-order valence-corrected chi connectivity index (χ0v) is 12.7. The van der Waals surface area contributed by atoms with Crippen LogP contribution < -0.4 is 10.6 Å². The third-order valence-electron chi connectivity index (χ3n) is 2.85. The zero-order chi connectivity index (χ0) is 16.8. The van der Waals surface area contributed by atoms with Gasteiger partial charge in [0.05, 0.1) is 6.61 Å². The van der Waals surface area contributed by atoms with Gasteiger partial charge in [0.1, 0.15) is 17.3 Å². The summed E-state index contributed by atoms with van der Waals surface area (Å²) >= 11 is 0. The van der Waals surface area contributed by atoms with Crippen molar-refractivity contribution in [1.29, 1.82) is 0 Å². The number of aromatic nitrogens is 2. The monoisotopic (exact) mass is 322 g/mol. The minimum absolute atomic E-state index is 0.165. The summed E-state index contributed by atoms with van der Waals surface area (Å²) in [6, 6.07) is 4.81. The molecule has 8 heteroatoms. The number of methoxy groups -OCH3 is 1. The molecule has 122 valence electrons. The van der Waals surface area contributed by atoms with Gasteiger partial charge in [-0.15, -0.1) is 0 Å². The molecule has 0 fully saturated rings. The minimum Gasteiger partial charge on any atom is -0.383 e. The number of carbonyl (C=O) groups excluding carboxylic acids is 1. The number of hydrogen-bond donors (Lipinski definition) is 2. The van der Waals surface area contributed by atoms with Crippen LogP contribution in [-0.2, 0) is 4.74 Å². The Morgan fingerprint density at radius 2 is 2.00 bits per heavy atom. The van der Waals surface area contributed by atoms with Gasteiger partial charge in [-0.2, -0.15) is 0 Å². The topological polar surface area (TPSA) is 76.1 Å². The molecular weight excluding hydrogens is 306 g/mol. The van der Waals surface area contributed by atoms with Crippen molar-refractivity contribution in [2.45, 2.75) is 6.92 Å². The number of halogens is 2. The van der Waals surface area contributed by atoms with Gasteiger partial charge in [-0.05, 0) is 19.1 Å². The van der Waals surface area contributed by atoms with Crippen LogP contribution in [-0.4, -0.2) is 36.1 Å². The number of nitrogens with zero attached hydrogens (tertiary/aromatic N) is 2. The van der Waals surface area contributed by atoms with Crippen molar-refractivity contribution in [3.63, 3.8) is 0 Å². The summed E-state index contributed by atoms with van der Waals surface area (Å²) in [4.78, 5) is 20.1. The van der Waals surface area contributed by atoms with Gasteiger partial charge in [0.15, 0.2) is 11.6 Å². The Hall–Kier alpha value is -2.61. The van der Waals surface area contributed by atoms with E-state index >= 15 is 0 Å². The second kappa shape index (κ2) is 7.59. The van der Waals surface area contributed by atoms with Crippen LogP contribution in [0.1, 0.15) is 16.3 Å². The van der Waals surface area contributed by atoms with Gasteiger partial charge in [0.25, 0.3) is 5.91 Å². The smallest absolute Gasteiger partial charge is 0.270 e. The lowest BCUT2D eigenvalue weighted by Gasteiger charge is -2.09. The van der Waals surface area contributed by atoms with Gasteiger partial charge < -0.3 is 15.4 Å². The maximum Gasteiger partial charge on any atom is 0.270 e. The van der Waals surface area contributed by atoms with E-state index in [1.54, 1.807) is 6.92 Å². The Morgan fingerprint density at radius 3 is 2.70 bits per heavy atom. The predicted molar refractivity (Wildman–Crippen MR) is 80.6 cm³/mol. The number of aryl methyl sites for hydroxylation is 1. The molecule has 0 saturated heterocycles. The summed E-state index contributed by atoms with van der Waals surface area (Å²) in [6.45, 7) is 2.36. The third kappa shape index (κ3) is 4.68. The Bertz CT molecular complexity index is 710. The first-order valence-corrected chi connectivity index (χ1v) is 6.84. The summed E-state index contributed by atoms with van der Waals surface area (Å²) in [5, 5.41) is 5.46. The Morgan fingerprint density at radius 1 is 1.22 bits per heavy atom. The van der Waals surface area contributed by atoms with Crippen LogP contribution in [0.15, 0.2) is 24.3 Å². The van der Waals surface area contributed by atoms with Gasteiger partial charge in [-0.3, -0.25) is 4.79 Å². The van der Waals surface area contributed by atoms with E-state index in [9.17, 15) is 13.6 Å². The molecular formula is C15H16F2N4O2. The van der Waals surface area contributed by atoms with Crippen LogP contribution in [0.4, 0.5) is 20.3 Å². The lowest BCUT2D eigenvalue weighted by atomic mass is 10.3. The normalized spacial score (nSPS) is 10.4. The molecule has 1 aromatic carbocycles. The Balaban J connectivity index is 2.16. The summed E-state index contributed by atoms with van der Waals surface area (Å²) in [6.07, 6.45) is 0. The molecule has 0 saturated carbocycles. The third-order valence-corrected chi connectivity index (χ3v) is 2.85. The molecule has 2 aromatic rings. The van der Waals surface area contributed by atoms with E-state index < -0.39 is 11.6 Å². The van der Waals surface area contributed by atoms with Gasteiger partial charge >= 0.3 is 0 Å². The number of nitrogens with one attached hydrogen (secondary N) is 2. The summed E-state index contributed by atoms with van der Waals surface area (Å²) in [5.41, 5.74) is 0.478. The van der Waals surface area contributed by atoms with Crippen molar-refractivity contribution in [2.75, 3.05) is 25.6 Å². The average Bonchev–Trinajstić information content (AvgIpc) is 2.50. The number of ether oxygens (including phenoxy) is 1. The number of anilines is 2. The molecule has 0 radical (unpaired) electrons. The van der Waals surface area contributed by atoms with Crippen molar-refractivity contribution >= 4 is 17.4 Å². The van der Waals surface area contributed by atoms with Gasteiger partial charge in [0, 0.05) is 31.5 Å². The molecule has 0 aliphatic carbocycles. The molecule has 2 N–H and O–H groups in total. The first-order chi connectivity index (χ1) is 11.0. The molecule has 23 heavy (non-hydrogen) atoms. The van der Waals surface area contributed by atoms with Crippen molar-refractivity contribution < 1.29 is 18.3 Å². The van der Waals surface area contributed by atoms with E-state index in [0.29, 0.717) is 30.5 Å². The fourth-order valence-corrected chi connectivity index (χ4v) is 1.83. The number of amides is 1. The highest BCUT2D eigenvalue weighted by molar-refractivity contribution is 5.93. The molecule has 0 atom stereocenters. The number of rotatable bonds is 6. The molecule has 1 heterocycles. The Kier molecular flexibility index (Phi) is 5.53. The largest absolute Gasteiger partial charge is 0.383 e. The first kappa shape index (κ1) is 16.8. The van der Waals surface area contributed by atoms with Crippen molar-refractivity contribution in [3.05, 3.63) is 47.4 Å². The van der Waals surface area contributed by atoms with E-state index in [2.05, 4.69) is 20.6 Å². The fourth-order valence-electron chi connectivity index (χ4n) is 1.83. The minimum atomic E-state index is -0.974. The molecule has 0 unspecified atom stereocenters.